The lowest BCUT2D eigenvalue weighted by atomic mass is 10.1. The number of unbranched alkanes of at least 4 members (excludes halogenated alkanes) is 8. The van der Waals surface area contributed by atoms with Crippen LogP contribution in [0.2, 0.25) is 0 Å². The zero-order chi connectivity index (χ0) is 13.6. The lowest BCUT2D eigenvalue weighted by Crippen LogP contribution is -1.84. The first-order chi connectivity index (χ1) is 9.43. The van der Waals surface area contributed by atoms with Gasteiger partial charge in [-0.05, 0) is 24.3 Å². The Balaban J connectivity index is 1.79. The van der Waals surface area contributed by atoms with E-state index in [2.05, 4.69) is 37.3 Å². The highest BCUT2D eigenvalue weighted by Crippen LogP contribution is 2.20. The molecule has 0 aliphatic carbocycles. The SMILES string of the molecule is CCCCCCCCCCC[P]Cc1ccccc1. The Morgan fingerprint density at radius 3 is 1.95 bits per heavy atom. The van der Waals surface area contributed by atoms with E-state index in [0.29, 0.717) is 0 Å². The molecule has 0 heterocycles. The highest BCUT2D eigenvalue weighted by atomic mass is 31.1. The maximum atomic E-state index is 2.29. The first-order valence-electron chi connectivity index (χ1n) is 8.10. The van der Waals surface area contributed by atoms with Crippen LogP contribution in [-0.4, -0.2) is 6.16 Å². The van der Waals surface area contributed by atoms with Gasteiger partial charge in [0.15, 0.2) is 0 Å². The van der Waals surface area contributed by atoms with E-state index >= 15 is 0 Å². The van der Waals surface area contributed by atoms with Crippen LogP contribution in [0.5, 0.6) is 0 Å². The quantitative estimate of drug-likeness (QED) is 0.296. The molecule has 0 amide bonds. The van der Waals surface area contributed by atoms with E-state index < -0.39 is 0 Å². The molecule has 0 nitrogen and oxygen atoms in total. The third-order valence-corrected chi connectivity index (χ3v) is 4.78. The fourth-order valence-corrected chi connectivity index (χ4v) is 3.40. The van der Waals surface area contributed by atoms with Gasteiger partial charge in [0.2, 0.25) is 0 Å². The van der Waals surface area contributed by atoms with E-state index in [-0.39, 0.29) is 0 Å². The van der Waals surface area contributed by atoms with E-state index in [1.54, 1.807) is 8.58 Å². The minimum absolute atomic E-state index is 1.23. The molecule has 1 aromatic carbocycles. The summed E-state index contributed by atoms with van der Waals surface area (Å²) in [6.45, 7) is 2.29. The van der Waals surface area contributed by atoms with Gasteiger partial charge in [-0.3, -0.25) is 0 Å². The Morgan fingerprint density at radius 2 is 1.32 bits per heavy atom. The van der Waals surface area contributed by atoms with Crippen LogP contribution in [0.15, 0.2) is 30.3 Å². The molecule has 1 radical (unpaired) electrons. The Morgan fingerprint density at radius 1 is 0.737 bits per heavy atom. The fraction of sp³-hybridized carbons (Fsp3) is 0.667. The third-order valence-electron chi connectivity index (χ3n) is 3.56. The summed E-state index contributed by atoms with van der Waals surface area (Å²) in [6, 6.07) is 10.9. The van der Waals surface area contributed by atoms with E-state index in [4.69, 9.17) is 0 Å². The molecule has 19 heavy (non-hydrogen) atoms. The minimum Gasteiger partial charge on any atom is -0.0762 e. The van der Waals surface area contributed by atoms with Crippen molar-refractivity contribution in [1.29, 1.82) is 0 Å². The number of rotatable bonds is 12. The van der Waals surface area contributed by atoms with Crippen molar-refractivity contribution in [3.05, 3.63) is 35.9 Å². The Bertz CT molecular complexity index is 281. The first kappa shape index (κ1) is 16.7. The zero-order valence-electron chi connectivity index (χ0n) is 12.6. The highest BCUT2D eigenvalue weighted by molar-refractivity contribution is 7.37. The van der Waals surface area contributed by atoms with Gasteiger partial charge in [-0.25, -0.2) is 0 Å². The highest BCUT2D eigenvalue weighted by Gasteiger charge is 1.94. The molecule has 0 bridgehead atoms. The van der Waals surface area contributed by atoms with Crippen molar-refractivity contribution in [3.8, 4) is 0 Å². The van der Waals surface area contributed by atoms with Crippen molar-refractivity contribution in [2.75, 3.05) is 6.16 Å². The molecule has 0 aromatic heterocycles. The summed E-state index contributed by atoms with van der Waals surface area (Å²) >= 11 is 0. The van der Waals surface area contributed by atoms with Crippen molar-refractivity contribution in [3.63, 3.8) is 0 Å². The minimum atomic E-state index is 1.23. The second-order valence-electron chi connectivity index (χ2n) is 5.42. The average Bonchev–Trinajstić information content (AvgIpc) is 2.46. The lowest BCUT2D eigenvalue weighted by molar-refractivity contribution is 0.573. The maximum absolute atomic E-state index is 2.29. The van der Waals surface area contributed by atoms with Crippen LogP contribution < -0.4 is 0 Å². The molecule has 1 heteroatoms. The summed E-state index contributed by atoms with van der Waals surface area (Å²) in [5.41, 5.74) is 1.49. The summed E-state index contributed by atoms with van der Waals surface area (Å²) < 4.78 is 0. The monoisotopic (exact) mass is 277 g/mol. The second kappa shape index (κ2) is 12.7. The van der Waals surface area contributed by atoms with Crippen molar-refractivity contribution in [1.82, 2.24) is 0 Å². The van der Waals surface area contributed by atoms with E-state index in [1.165, 1.54) is 75.7 Å². The van der Waals surface area contributed by atoms with Crippen LogP contribution in [0.1, 0.15) is 70.3 Å². The van der Waals surface area contributed by atoms with Crippen molar-refractivity contribution in [2.45, 2.75) is 70.9 Å². The summed E-state index contributed by atoms with van der Waals surface area (Å²) in [7, 11) is 1.60. The number of hydrogen-bond acceptors (Lipinski definition) is 0. The standard InChI is InChI=1S/C18H30P/c1-2-3-4-5-6-7-8-9-13-16-19-17-18-14-11-10-12-15-18/h10-12,14-15H,2-9,13,16-17H2,1H3. The largest absolute Gasteiger partial charge is 0.0762 e. The second-order valence-corrected chi connectivity index (χ2v) is 6.63. The summed E-state index contributed by atoms with van der Waals surface area (Å²) in [5.74, 6) is 0. The molecule has 0 spiro atoms. The third kappa shape index (κ3) is 10.1. The van der Waals surface area contributed by atoms with Gasteiger partial charge < -0.3 is 0 Å². The number of benzene rings is 1. The van der Waals surface area contributed by atoms with Crippen LogP contribution >= 0.6 is 8.58 Å². The van der Waals surface area contributed by atoms with Crippen LogP contribution in [-0.2, 0) is 6.16 Å². The first-order valence-corrected chi connectivity index (χ1v) is 9.37. The van der Waals surface area contributed by atoms with Crippen LogP contribution in [0, 0.1) is 0 Å². The van der Waals surface area contributed by atoms with Gasteiger partial charge in [-0.1, -0.05) is 97.2 Å². The van der Waals surface area contributed by atoms with Crippen molar-refractivity contribution in [2.24, 2.45) is 0 Å². The molecule has 0 unspecified atom stereocenters. The molecule has 0 saturated carbocycles. The van der Waals surface area contributed by atoms with Gasteiger partial charge in [0.05, 0.1) is 0 Å². The van der Waals surface area contributed by atoms with Gasteiger partial charge in [-0.15, -0.1) is 0 Å². The normalized spacial score (nSPS) is 11.4. The van der Waals surface area contributed by atoms with Gasteiger partial charge >= 0.3 is 0 Å². The zero-order valence-corrected chi connectivity index (χ0v) is 13.5. The lowest BCUT2D eigenvalue weighted by Gasteiger charge is -2.03. The summed E-state index contributed by atoms with van der Waals surface area (Å²) in [5, 5.41) is 0. The maximum Gasteiger partial charge on any atom is -0.00342 e. The summed E-state index contributed by atoms with van der Waals surface area (Å²) in [4.78, 5) is 0. The Kier molecular flexibility index (Phi) is 11.1. The number of hydrogen-bond donors (Lipinski definition) is 0. The van der Waals surface area contributed by atoms with Gasteiger partial charge in [0.1, 0.15) is 0 Å². The van der Waals surface area contributed by atoms with E-state index in [0.717, 1.165) is 0 Å². The molecule has 0 saturated heterocycles. The summed E-state index contributed by atoms with van der Waals surface area (Å²) in [6.07, 6.45) is 15.5. The molecule has 107 valence electrons. The molecular formula is C18H30P. The van der Waals surface area contributed by atoms with Gasteiger partial charge in [0, 0.05) is 0 Å². The molecule has 0 aliphatic rings. The van der Waals surface area contributed by atoms with Crippen LogP contribution in [0.25, 0.3) is 0 Å². The van der Waals surface area contributed by atoms with Crippen molar-refractivity contribution >= 4 is 8.58 Å². The van der Waals surface area contributed by atoms with Crippen LogP contribution in [0.3, 0.4) is 0 Å². The predicted molar refractivity (Wildman–Crippen MR) is 89.2 cm³/mol. The Hall–Kier alpha value is -0.350. The molecule has 1 rings (SSSR count). The molecule has 0 aliphatic heterocycles. The fourth-order valence-electron chi connectivity index (χ4n) is 2.33. The van der Waals surface area contributed by atoms with E-state index in [9.17, 15) is 0 Å². The average molecular weight is 277 g/mol. The molecule has 1 aromatic rings. The molecular weight excluding hydrogens is 247 g/mol. The smallest absolute Gasteiger partial charge is 0.00342 e. The van der Waals surface area contributed by atoms with Gasteiger partial charge in [-0.2, -0.15) is 0 Å². The van der Waals surface area contributed by atoms with Gasteiger partial charge in [0.25, 0.3) is 0 Å². The molecule has 0 fully saturated rings. The van der Waals surface area contributed by atoms with Crippen molar-refractivity contribution < 1.29 is 0 Å². The predicted octanol–water partition coefficient (Wildman–Crippen LogP) is 6.66. The molecule has 0 atom stereocenters. The van der Waals surface area contributed by atoms with E-state index in [1.807, 2.05) is 0 Å². The topological polar surface area (TPSA) is 0 Å². The van der Waals surface area contributed by atoms with Crippen LogP contribution in [0.4, 0.5) is 0 Å². The molecule has 0 N–H and O–H groups in total. The Labute approximate surface area is 122 Å².